The van der Waals surface area contributed by atoms with E-state index in [9.17, 15) is 0 Å². The summed E-state index contributed by atoms with van der Waals surface area (Å²) in [5.74, 6) is 2.05. The van der Waals surface area contributed by atoms with Gasteiger partial charge in [-0.1, -0.05) is 60.2 Å². The maximum Gasteiger partial charge on any atom is 0.124 e. The average molecular weight is 451 g/mol. The van der Waals surface area contributed by atoms with E-state index >= 15 is 0 Å². The zero-order chi connectivity index (χ0) is 22.9. The largest absolute Gasteiger partial charge is 0.341 e. The van der Waals surface area contributed by atoms with E-state index in [1.165, 1.54) is 23.1 Å². The van der Waals surface area contributed by atoms with Crippen LogP contribution in [0.25, 0.3) is 33.6 Å². The first kappa shape index (κ1) is 21.1. The first-order valence-corrected chi connectivity index (χ1v) is 12.2. The first-order chi connectivity index (χ1) is 16.8. The van der Waals surface area contributed by atoms with E-state index < -0.39 is 0 Å². The van der Waals surface area contributed by atoms with Crippen molar-refractivity contribution in [2.24, 2.45) is 0 Å². The van der Waals surface area contributed by atoms with Gasteiger partial charge in [-0.05, 0) is 55.0 Å². The van der Waals surface area contributed by atoms with Gasteiger partial charge < -0.3 is 20.6 Å². The smallest absolute Gasteiger partial charge is 0.124 e. The summed E-state index contributed by atoms with van der Waals surface area (Å²) in [7, 11) is 0. The molecule has 4 heterocycles. The van der Waals surface area contributed by atoms with Gasteiger partial charge in [-0.3, -0.25) is 0 Å². The standard InChI is InChI=1S/C28H30N6/c1-2-18-14-24(30-15-18)28-32-17-26(34-28)22-11-7-20(8-12-22)19-5-9-21(10-6-19)25-16-31-27(33-25)23-4-3-13-29-23/h2,5-12,16-17,23-24,29-30H,3-4,13-15H2,1H3,(H,31,33)(H,32,34)/t23-,24-/m0/s1. The minimum Gasteiger partial charge on any atom is -0.341 e. The summed E-state index contributed by atoms with van der Waals surface area (Å²) >= 11 is 0. The molecule has 2 aliphatic heterocycles. The van der Waals surface area contributed by atoms with Gasteiger partial charge in [-0.15, -0.1) is 0 Å². The molecular formula is C28H30N6. The summed E-state index contributed by atoms with van der Waals surface area (Å²) in [5.41, 5.74) is 8.27. The summed E-state index contributed by atoms with van der Waals surface area (Å²) < 4.78 is 0. The maximum atomic E-state index is 4.63. The van der Waals surface area contributed by atoms with E-state index in [2.05, 4.69) is 92.1 Å². The number of allylic oxidation sites excluding steroid dienone is 1. The van der Waals surface area contributed by atoms with Crippen LogP contribution in [0, 0.1) is 0 Å². The molecule has 6 heteroatoms. The molecule has 34 heavy (non-hydrogen) atoms. The lowest BCUT2D eigenvalue weighted by Crippen LogP contribution is -2.14. The summed E-state index contributed by atoms with van der Waals surface area (Å²) in [6, 6.07) is 18.0. The molecule has 0 radical (unpaired) electrons. The third kappa shape index (κ3) is 4.11. The monoisotopic (exact) mass is 450 g/mol. The number of aromatic nitrogens is 4. The van der Waals surface area contributed by atoms with Crippen LogP contribution in [0.5, 0.6) is 0 Å². The fourth-order valence-electron chi connectivity index (χ4n) is 5.00. The first-order valence-electron chi connectivity index (χ1n) is 12.2. The molecule has 4 N–H and O–H groups in total. The molecule has 172 valence electrons. The van der Waals surface area contributed by atoms with Crippen LogP contribution in [0.4, 0.5) is 0 Å². The molecule has 2 atom stereocenters. The van der Waals surface area contributed by atoms with Gasteiger partial charge in [-0.2, -0.15) is 0 Å². The SMILES string of the molecule is CC=C1CN[C@H](c2ncc(-c3ccc(-c4ccc(-c5cnc([C@@H]6CCCN6)[nH]5)cc4)cc3)[nH]2)C1. The number of imidazole rings is 2. The number of hydrogen-bond acceptors (Lipinski definition) is 4. The van der Waals surface area contributed by atoms with Crippen LogP contribution in [0.15, 0.2) is 72.6 Å². The molecule has 6 rings (SSSR count). The third-order valence-corrected chi connectivity index (χ3v) is 7.09. The molecule has 0 spiro atoms. The van der Waals surface area contributed by atoms with Crippen LogP contribution >= 0.6 is 0 Å². The number of aromatic amines is 2. The van der Waals surface area contributed by atoms with Gasteiger partial charge in [-0.25, -0.2) is 9.97 Å². The Morgan fingerprint density at radius 3 is 1.79 bits per heavy atom. The van der Waals surface area contributed by atoms with Crippen molar-refractivity contribution in [3.63, 3.8) is 0 Å². The van der Waals surface area contributed by atoms with Crippen LogP contribution in [-0.2, 0) is 0 Å². The van der Waals surface area contributed by atoms with Gasteiger partial charge in [0.25, 0.3) is 0 Å². The zero-order valence-corrected chi connectivity index (χ0v) is 19.4. The van der Waals surface area contributed by atoms with E-state index in [4.69, 9.17) is 0 Å². The molecule has 2 fully saturated rings. The predicted molar refractivity (Wildman–Crippen MR) is 136 cm³/mol. The van der Waals surface area contributed by atoms with Crippen LogP contribution < -0.4 is 10.6 Å². The van der Waals surface area contributed by atoms with Crippen molar-refractivity contribution in [2.45, 2.75) is 38.3 Å². The summed E-state index contributed by atoms with van der Waals surface area (Å²) in [6.07, 6.45) is 9.46. The normalized spacial score (nSPS) is 21.5. The topological polar surface area (TPSA) is 81.4 Å². The number of hydrogen-bond donors (Lipinski definition) is 4. The molecule has 6 nitrogen and oxygen atoms in total. The van der Waals surface area contributed by atoms with Gasteiger partial charge in [0.05, 0.1) is 35.9 Å². The Labute approximate surface area is 200 Å². The van der Waals surface area contributed by atoms with Gasteiger partial charge in [0.2, 0.25) is 0 Å². The van der Waals surface area contributed by atoms with E-state index in [1.54, 1.807) is 0 Å². The second-order valence-electron chi connectivity index (χ2n) is 9.25. The Morgan fingerprint density at radius 1 is 0.735 bits per heavy atom. The van der Waals surface area contributed by atoms with E-state index in [0.717, 1.165) is 60.1 Å². The molecular weight excluding hydrogens is 420 g/mol. The van der Waals surface area contributed by atoms with Crippen molar-refractivity contribution < 1.29 is 0 Å². The molecule has 0 aliphatic carbocycles. The molecule has 2 saturated heterocycles. The number of nitrogens with zero attached hydrogens (tertiary/aromatic N) is 2. The number of rotatable bonds is 5. The molecule has 0 unspecified atom stereocenters. The Kier molecular flexibility index (Phi) is 5.61. The quantitative estimate of drug-likeness (QED) is 0.301. The van der Waals surface area contributed by atoms with Gasteiger partial charge in [0.15, 0.2) is 0 Å². The van der Waals surface area contributed by atoms with Gasteiger partial charge in [0.1, 0.15) is 11.6 Å². The van der Waals surface area contributed by atoms with Crippen LogP contribution in [0.2, 0.25) is 0 Å². The van der Waals surface area contributed by atoms with Crippen molar-refractivity contribution >= 4 is 0 Å². The fourth-order valence-corrected chi connectivity index (χ4v) is 5.00. The van der Waals surface area contributed by atoms with E-state index in [1.807, 2.05) is 12.4 Å². The van der Waals surface area contributed by atoms with E-state index in [-0.39, 0.29) is 6.04 Å². The minimum atomic E-state index is 0.276. The molecule has 0 amide bonds. The van der Waals surface area contributed by atoms with Crippen LogP contribution in [0.1, 0.15) is 49.9 Å². The lowest BCUT2D eigenvalue weighted by molar-refractivity contribution is 0.613. The average Bonchev–Trinajstić information content (AvgIpc) is 3.70. The highest BCUT2D eigenvalue weighted by Crippen LogP contribution is 2.30. The Morgan fingerprint density at radius 2 is 1.29 bits per heavy atom. The number of nitrogens with one attached hydrogen (secondary N) is 4. The molecule has 0 bridgehead atoms. The Hall–Kier alpha value is -3.48. The summed E-state index contributed by atoms with van der Waals surface area (Å²) in [6.45, 7) is 4.12. The van der Waals surface area contributed by atoms with Crippen LogP contribution in [-0.4, -0.2) is 33.0 Å². The fraction of sp³-hybridized carbons (Fsp3) is 0.286. The van der Waals surface area contributed by atoms with Crippen molar-refractivity contribution in [3.8, 4) is 33.6 Å². The minimum absolute atomic E-state index is 0.276. The van der Waals surface area contributed by atoms with E-state index in [0.29, 0.717) is 6.04 Å². The lowest BCUT2D eigenvalue weighted by Gasteiger charge is -2.07. The highest BCUT2D eigenvalue weighted by molar-refractivity contribution is 5.71. The number of H-pyrrole nitrogens is 2. The summed E-state index contributed by atoms with van der Waals surface area (Å²) in [4.78, 5) is 16.2. The van der Waals surface area contributed by atoms with Crippen molar-refractivity contribution in [1.82, 2.24) is 30.6 Å². The Bertz CT molecular complexity index is 1290. The highest BCUT2D eigenvalue weighted by Gasteiger charge is 2.22. The number of benzene rings is 2. The lowest BCUT2D eigenvalue weighted by atomic mass is 10.0. The molecule has 0 saturated carbocycles. The maximum absolute atomic E-state index is 4.63. The highest BCUT2D eigenvalue weighted by atomic mass is 15.0. The summed E-state index contributed by atoms with van der Waals surface area (Å²) in [5, 5.41) is 7.03. The molecule has 2 aliphatic rings. The molecule has 4 aromatic rings. The van der Waals surface area contributed by atoms with Crippen molar-refractivity contribution in [2.75, 3.05) is 13.1 Å². The van der Waals surface area contributed by atoms with Gasteiger partial charge in [0, 0.05) is 6.54 Å². The van der Waals surface area contributed by atoms with Crippen molar-refractivity contribution in [3.05, 3.63) is 84.2 Å². The second-order valence-corrected chi connectivity index (χ2v) is 9.25. The zero-order valence-electron chi connectivity index (χ0n) is 19.4. The second kappa shape index (κ2) is 9.05. The van der Waals surface area contributed by atoms with Crippen LogP contribution in [0.3, 0.4) is 0 Å². The van der Waals surface area contributed by atoms with Gasteiger partial charge >= 0.3 is 0 Å². The predicted octanol–water partition coefficient (Wildman–Crippen LogP) is 5.54. The van der Waals surface area contributed by atoms with Crippen molar-refractivity contribution in [1.29, 1.82) is 0 Å². The molecule has 2 aromatic heterocycles. The molecule has 2 aromatic carbocycles. The third-order valence-electron chi connectivity index (χ3n) is 7.09. The Balaban J connectivity index is 1.15.